The first-order valence-corrected chi connectivity index (χ1v) is 8.21. The summed E-state index contributed by atoms with van der Waals surface area (Å²) in [5.41, 5.74) is 4.94. The summed E-state index contributed by atoms with van der Waals surface area (Å²) in [6, 6.07) is 7.66. The second kappa shape index (κ2) is 7.97. The number of carbonyl (C=O) groups is 1. The second-order valence-corrected chi connectivity index (χ2v) is 6.17. The maximum Gasteiger partial charge on any atom is 0.226 e. The number of aromatic nitrogens is 2. The predicted molar refractivity (Wildman–Crippen MR) is 96.0 cm³/mol. The molecular weight excluding hydrogens is 304 g/mol. The normalized spacial score (nSPS) is 10.9. The summed E-state index contributed by atoms with van der Waals surface area (Å²) < 4.78 is 1.83. The Balaban J connectivity index is 1.99. The molecule has 24 heavy (non-hydrogen) atoms. The first kappa shape index (κ1) is 18.0. The summed E-state index contributed by atoms with van der Waals surface area (Å²) in [7, 11) is 0. The van der Waals surface area contributed by atoms with Crippen LogP contribution in [0.1, 0.15) is 30.8 Å². The number of hydrogen-bond acceptors (Lipinski definition) is 4. The number of carbonyl (C=O) groups excluding carboxylic acids is 1. The minimum Gasteiger partial charge on any atom is -0.394 e. The standard InChI is InChI=1S/C18H26N4O2/c1-12(2)18(24)20-16-7-5-15(6-8-16)19-11-17-13(3)21-22(9-10-23)14(17)4/h5-8,12,19,23H,9-11H2,1-4H3,(H,20,24). The number of anilines is 2. The molecule has 0 bridgehead atoms. The Morgan fingerprint density at radius 2 is 1.83 bits per heavy atom. The van der Waals surface area contributed by atoms with Crippen molar-refractivity contribution in [2.45, 2.75) is 40.8 Å². The molecule has 3 N–H and O–H groups in total. The lowest BCUT2D eigenvalue weighted by atomic mass is 10.2. The highest BCUT2D eigenvalue weighted by Crippen LogP contribution is 2.18. The van der Waals surface area contributed by atoms with E-state index in [4.69, 9.17) is 5.11 Å². The van der Waals surface area contributed by atoms with Crippen molar-refractivity contribution in [1.29, 1.82) is 0 Å². The zero-order chi connectivity index (χ0) is 17.7. The number of nitrogens with one attached hydrogen (secondary N) is 2. The van der Waals surface area contributed by atoms with Crippen LogP contribution in [0.3, 0.4) is 0 Å². The van der Waals surface area contributed by atoms with E-state index < -0.39 is 0 Å². The minimum absolute atomic E-state index is 0.0123. The molecule has 1 aromatic heterocycles. The first-order valence-electron chi connectivity index (χ1n) is 8.21. The Kier molecular flexibility index (Phi) is 5.98. The highest BCUT2D eigenvalue weighted by Gasteiger charge is 2.11. The Bertz CT molecular complexity index is 690. The van der Waals surface area contributed by atoms with E-state index in [0.717, 1.165) is 28.3 Å². The van der Waals surface area contributed by atoms with Crippen molar-refractivity contribution >= 4 is 17.3 Å². The molecule has 0 aliphatic heterocycles. The van der Waals surface area contributed by atoms with Crippen molar-refractivity contribution in [2.75, 3.05) is 17.2 Å². The molecule has 6 heteroatoms. The molecule has 2 rings (SSSR count). The first-order chi connectivity index (χ1) is 11.4. The predicted octanol–water partition coefficient (Wildman–Crippen LogP) is 2.70. The van der Waals surface area contributed by atoms with Crippen LogP contribution in [0.5, 0.6) is 0 Å². The van der Waals surface area contributed by atoms with Crippen LogP contribution in [0.4, 0.5) is 11.4 Å². The maximum absolute atomic E-state index is 11.7. The van der Waals surface area contributed by atoms with Gasteiger partial charge in [-0.15, -0.1) is 0 Å². The van der Waals surface area contributed by atoms with Crippen LogP contribution in [0, 0.1) is 19.8 Å². The molecule has 0 saturated heterocycles. The molecule has 0 radical (unpaired) electrons. The highest BCUT2D eigenvalue weighted by atomic mass is 16.3. The average molecular weight is 330 g/mol. The summed E-state index contributed by atoms with van der Waals surface area (Å²) in [5.74, 6) is -0.0255. The van der Waals surface area contributed by atoms with E-state index >= 15 is 0 Å². The lowest BCUT2D eigenvalue weighted by Crippen LogP contribution is -2.17. The molecule has 1 amide bonds. The van der Waals surface area contributed by atoms with Crippen LogP contribution >= 0.6 is 0 Å². The van der Waals surface area contributed by atoms with Crippen molar-refractivity contribution in [3.8, 4) is 0 Å². The van der Waals surface area contributed by atoms with Crippen LogP contribution in [0.15, 0.2) is 24.3 Å². The Morgan fingerprint density at radius 1 is 1.21 bits per heavy atom. The maximum atomic E-state index is 11.7. The fraction of sp³-hybridized carbons (Fsp3) is 0.444. The number of aryl methyl sites for hydroxylation is 1. The monoisotopic (exact) mass is 330 g/mol. The fourth-order valence-corrected chi connectivity index (χ4v) is 2.45. The number of aliphatic hydroxyl groups is 1. The molecule has 1 aromatic carbocycles. The Hall–Kier alpha value is -2.34. The van der Waals surface area contributed by atoms with E-state index in [1.165, 1.54) is 0 Å². The number of benzene rings is 1. The second-order valence-electron chi connectivity index (χ2n) is 6.17. The summed E-state index contributed by atoms with van der Waals surface area (Å²) >= 11 is 0. The number of amides is 1. The minimum atomic E-state index is -0.0378. The lowest BCUT2D eigenvalue weighted by molar-refractivity contribution is -0.118. The quantitative estimate of drug-likeness (QED) is 0.729. The van der Waals surface area contributed by atoms with Gasteiger partial charge in [-0.2, -0.15) is 5.10 Å². The smallest absolute Gasteiger partial charge is 0.226 e. The lowest BCUT2D eigenvalue weighted by Gasteiger charge is -2.10. The van der Waals surface area contributed by atoms with E-state index in [2.05, 4.69) is 15.7 Å². The third-order valence-electron chi connectivity index (χ3n) is 3.99. The van der Waals surface area contributed by atoms with Gasteiger partial charge in [-0.3, -0.25) is 9.48 Å². The molecule has 6 nitrogen and oxygen atoms in total. The summed E-state index contributed by atoms with van der Waals surface area (Å²) in [6.45, 7) is 8.98. The van der Waals surface area contributed by atoms with E-state index in [9.17, 15) is 4.79 Å². The van der Waals surface area contributed by atoms with Crippen molar-refractivity contribution in [3.63, 3.8) is 0 Å². The van der Waals surface area contributed by atoms with Gasteiger partial charge in [-0.05, 0) is 38.1 Å². The van der Waals surface area contributed by atoms with Crippen molar-refractivity contribution in [2.24, 2.45) is 5.92 Å². The van der Waals surface area contributed by atoms with Gasteiger partial charge in [0, 0.05) is 35.1 Å². The van der Waals surface area contributed by atoms with Gasteiger partial charge >= 0.3 is 0 Å². The summed E-state index contributed by atoms with van der Waals surface area (Å²) in [4.78, 5) is 11.7. The highest BCUT2D eigenvalue weighted by molar-refractivity contribution is 5.92. The van der Waals surface area contributed by atoms with Crippen molar-refractivity contribution in [3.05, 3.63) is 41.2 Å². The van der Waals surface area contributed by atoms with E-state index in [1.54, 1.807) is 0 Å². The number of rotatable bonds is 7. The van der Waals surface area contributed by atoms with Gasteiger partial charge in [-0.1, -0.05) is 13.8 Å². The molecule has 0 aliphatic rings. The van der Waals surface area contributed by atoms with E-state index in [-0.39, 0.29) is 18.4 Å². The van der Waals surface area contributed by atoms with Gasteiger partial charge in [0.05, 0.1) is 18.8 Å². The van der Waals surface area contributed by atoms with Gasteiger partial charge in [0.2, 0.25) is 5.91 Å². The van der Waals surface area contributed by atoms with Crippen LogP contribution < -0.4 is 10.6 Å². The van der Waals surface area contributed by atoms with Crippen LogP contribution in [0.25, 0.3) is 0 Å². The van der Waals surface area contributed by atoms with Crippen molar-refractivity contribution in [1.82, 2.24) is 9.78 Å². The molecule has 0 aliphatic carbocycles. The van der Waals surface area contributed by atoms with Crippen LogP contribution in [-0.4, -0.2) is 27.4 Å². The van der Waals surface area contributed by atoms with Gasteiger partial charge in [0.1, 0.15) is 0 Å². The van der Waals surface area contributed by atoms with Crippen LogP contribution in [0.2, 0.25) is 0 Å². The van der Waals surface area contributed by atoms with Gasteiger partial charge < -0.3 is 15.7 Å². The summed E-state index contributed by atoms with van der Waals surface area (Å²) in [5, 5.41) is 19.8. The van der Waals surface area contributed by atoms with Crippen LogP contribution in [-0.2, 0) is 17.9 Å². The van der Waals surface area contributed by atoms with Gasteiger partial charge in [0.25, 0.3) is 0 Å². The molecule has 0 spiro atoms. The summed E-state index contributed by atoms with van der Waals surface area (Å²) in [6.07, 6.45) is 0. The van der Waals surface area contributed by atoms with Crippen molar-refractivity contribution < 1.29 is 9.90 Å². The molecule has 0 saturated carbocycles. The number of hydrogen-bond donors (Lipinski definition) is 3. The SMILES string of the molecule is Cc1nn(CCO)c(C)c1CNc1ccc(NC(=O)C(C)C)cc1. The molecule has 130 valence electrons. The molecule has 1 heterocycles. The molecule has 0 fully saturated rings. The Labute approximate surface area is 142 Å². The molecule has 2 aromatic rings. The zero-order valence-electron chi connectivity index (χ0n) is 14.8. The topological polar surface area (TPSA) is 79.2 Å². The largest absolute Gasteiger partial charge is 0.394 e. The van der Waals surface area contributed by atoms with Gasteiger partial charge in [0.15, 0.2) is 0 Å². The zero-order valence-corrected chi connectivity index (χ0v) is 14.8. The molecular formula is C18H26N4O2. The number of aliphatic hydroxyl groups excluding tert-OH is 1. The third-order valence-corrected chi connectivity index (χ3v) is 3.99. The average Bonchev–Trinajstić information content (AvgIpc) is 2.81. The number of nitrogens with zero attached hydrogens (tertiary/aromatic N) is 2. The molecule has 0 atom stereocenters. The fourth-order valence-electron chi connectivity index (χ4n) is 2.45. The molecule has 0 unspecified atom stereocenters. The van der Waals surface area contributed by atoms with Gasteiger partial charge in [-0.25, -0.2) is 0 Å². The van der Waals surface area contributed by atoms with E-state index in [0.29, 0.717) is 13.1 Å². The Morgan fingerprint density at radius 3 is 2.42 bits per heavy atom. The van der Waals surface area contributed by atoms with E-state index in [1.807, 2.05) is 56.6 Å². The third kappa shape index (κ3) is 4.35.